The Bertz CT molecular complexity index is 728. The third-order valence-corrected chi connectivity index (χ3v) is 6.07. The molecule has 0 aromatic heterocycles. The van der Waals surface area contributed by atoms with Crippen LogP contribution in [0.2, 0.25) is 0 Å². The summed E-state index contributed by atoms with van der Waals surface area (Å²) >= 11 is 0. The lowest BCUT2D eigenvalue weighted by atomic mass is 9.92. The number of hydrogen-bond donors (Lipinski definition) is 1. The normalized spacial score (nSPS) is 22.9. The zero-order chi connectivity index (χ0) is 16.0. The van der Waals surface area contributed by atoms with Crippen LogP contribution < -0.4 is 10.2 Å². The second-order valence-electron chi connectivity index (χ2n) is 5.83. The van der Waals surface area contributed by atoms with Gasteiger partial charge in [-0.3, -0.25) is 4.79 Å². The van der Waals surface area contributed by atoms with E-state index in [0.717, 1.165) is 16.9 Å². The molecule has 2 heterocycles. The fraction of sp³-hybridized carbons (Fsp3) is 0.467. The van der Waals surface area contributed by atoms with E-state index in [-0.39, 0.29) is 30.3 Å². The predicted molar refractivity (Wildman–Crippen MR) is 82.5 cm³/mol. The first-order valence-electron chi connectivity index (χ1n) is 7.33. The van der Waals surface area contributed by atoms with Crippen molar-refractivity contribution in [2.45, 2.75) is 31.7 Å². The Balaban J connectivity index is 1.92. The minimum absolute atomic E-state index is 0.0676. The van der Waals surface area contributed by atoms with Crippen LogP contribution in [0.15, 0.2) is 24.3 Å². The third-order valence-electron chi connectivity index (χ3n) is 4.42. The van der Waals surface area contributed by atoms with Gasteiger partial charge in [-0.15, -0.1) is 0 Å². The van der Waals surface area contributed by atoms with E-state index in [0.29, 0.717) is 5.69 Å². The molecule has 0 aliphatic carbocycles. The Labute approximate surface area is 129 Å². The average Bonchev–Trinajstić information content (AvgIpc) is 2.74. The van der Waals surface area contributed by atoms with Crippen molar-refractivity contribution in [3.05, 3.63) is 29.8 Å². The van der Waals surface area contributed by atoms with Gasteiger partial charge in [0.15, 0.2) is 9.84 Å². The van der Waals surface area contributed by atoms with E-state index in [4.69, 9.17) is 0 Å². The molecule has 2 aliphatic rings. The number of nitrogens with one attached hydrogen (secondary N) is 1. The van der Waals surface area contributed by atoms with Crippen LogP contribution in [0.4, 0.5) is 10.5 Å². The maximum Gasteiger partial charge on any atom is 0.329 e. The quantitative estimate of drug-likeness (QED) is 0.831. The topological polar surface area (TPSA) is 83.6 Å². The largest absolute Gasteiger partial charge is 0.329 e. The molecule has 3 amide bonds. The van der Waals surface area contributed by atoms with E-state index in [9.17, 15) is 18.0 Å². The molecule has 6 nitrogen and oxygen atoms in total. The minimum Gasteiger partial charge on any atom is -0.323 e. The number of benzene rings is 1. The van der Waals surface area contributed by atoms with Crippen LogP contribution in [0.5, 0.6) is 0 Å². The number of nitrogens with zero attached hydrogens (tertiary/aromatic N) is 1. The van der Waals surface area contributed by atoms with E-state index in [1.807, 2.05) is 25.1 Å². The number of imide groups is 1. The van der Waals surface area contributed by atoms with Gasteiger partial charge in [0.25, 0.3) is 5.91 Å². The summed E-state index contributed by atoms with van der Waals surface area (Å²) in [5.74, 6) is -0.482. The average molecular weight is 322 g/mol. The van der Waals surface area contributed by atoms with Gasteiger partial charge in [0.05, 0.1) is 17.2 Å². The highest BCUT2D eigenvalue weighted by molar-refractivity contribution is 7.91. The van der Waals surface area contributed by atoms with Crippen LogP contribution in [0.3, 0.4) is 0 Å². The summed E-state index contributed by atoms with van der Waals surface area (Å²) in [7, 11) is -3.10. The van der Waals surface area contributed by atoms with E-state index in [1.165, 1.54) is 0 Å². The van der Waals surface area contributed by atoms with Crippen LogP contribution in [0.1, 0.15) is 25.3 Å². The van der Waals surface area contributed by atoms with Crippen molar-refractivity contribution in [3.8, 4) is 0 Å². The first-order chi connectivity index (χ1) is 10.4. The molecule has 1 aromatic rings. The Hall–Kier alpha value is -1.89. The maximum atomic E-state index is 12.8. The lowest BCUT2D eigenvalue weighted by Gasteiger charge is -2.30. The number of rotatable bonds is 2. The molecule has 3 rings (SSSR count). The molecule has 22 heavy (non-hydrogen) atoms. The van der Waals surface area contributed by atoms with Crippen molar-refractivity contribution in [2.24, 2.45) is 0 Å². The fourth-order valence-electron chi connectivity index (χ4n) is 3.00. The second kappa shape index (κ2) is 5.08. The van der Waals surface area contributed by atoms with Crippen molar-refractivity contribution >= 4 is 27.5 Å². The number of aryl methyl sites for hydroxylation is 1. The van der Waals surface area contributed by atoms with Crippen molar-refractivity contribution in [2.75, 3.05) is 16.4 Å². The van der Waals surface area contributed by atoms with E-state index in [2.05, 4.69) is 5.32 Å². The molecule has 0 bridgehead atoms. The molecule has 2 saturated heterocycles. The van der Waals surface area contributed by atoms with Gasteiger partial charge in [0.2, 0.25) is 0 Å². The molecule has 0 saturated carbocycles. The highest BCUT2D eigenvalue weighted by Gasteiger charge is 2.53. The Morgan fingerprint density at radius 3 is 2.55 bits per heavy atom. The highest BCUT2D eigenvalue weighted by Crippen LogP contribution is 2.33. The van der Waals surface area contributed by atoms with Gasteiger partial charge < -0.3 is 5.32 Å². The number of carbonyl (C=O) groups excluding carboxylic acids is 2. The summed E-state index contributed by atoms with van der Waals surface area (Å²) in [5.41, 5.74) is 0.502. The molecule has 118 valence electrons. The first kappa shape index (κ1) is 15.0. The monoisotopic (exact) mass is 322 g/mol. The smallest absolute Gasteiger partial charge is 0.323 e. The molecule has 1 spiro atoms. The zero-order valence-corrected chi connectivity index (χ0v) is 13.1. The number of hydrogen-bond acceptors (Lipinski definition) is 4. The van der Waals surface area contributed by atoms with E-state index < -0.39 is 21.4 Å². The van der Waals surface area contributed by atoms with Crippen molar-refractivity contribution < 1.29 is 18.0 Å². The zero-order valence-electron chi connectivity index (χ0n) is 12.3. The molecule has 0 radical (unpaired) electrons. The van der Waals surface area contributed by atoms with Gasteiger partial charge in [0, 0.05) is 0 Å². The Morgan fingerprint density at radius 2 is 1.91 bits per heavy atom. The molecule has 0 unspecified atom stereocenters. The number of carbonyl (C=O) groups is 2. The van der Waals surface area contributed by atoms with Crippen LogP contribution in [-0.4, -0.2) is 37.4 Å². The predicted octanol–water partition coefficient (Wildman–Crippen LogP) is 1.25. The number of amides is 3. The van der Waals surface area contributed by atoms with E-state index >= 15 is 0 Å². The van der Waals surface area contributed by atoms with Crippen molar-refractivity contribution in [3.63, 3.8) is 0 Å². The molecular formula is C15H18N2O4S. The summed E-state index contributed by atoms with van der Waals surface area (Å²) in [5, 5.41) is 2.72. The first-order valence-corrected chi connectivity index (χ1v) is 9.15. The summed E-state index contributed by atoms with van der Waals surface area (Å²) in [6.45, 7) is 2.00. The molecular weight excluding hydrogens is 304 g/mol. The van der Waals surface area contributed by atoms with Gasteiger partial charge in [0.1, 0.15) is 5.54 Å². The van der Waals surface area contributed by atoms with Gasteiger partial charge >= 0.3 is 6.03 Å². The van der Waals surface area contributed by atoms with Crippen LogP contribution >= 0.6 is 0 Å². The van der Waals surface area contributed by atoms with Gasteiger partial charge in [-0.25, -0.2) is 18.1 Å². The fourth-order valence-corrected chi connectivity index (χ4v) is 4.52. The number of sulfone groups is 1. The molecule has 2 aliphatic heterocycles. The Morgan fingerprint density at radius 1 is 1.23 bits per heavy atom. The van der Waals surface area contributed by atoms with Crippen molar-refractivity contribution in [1.82, 2.24) is 5.32 Å². The SMILES string of the molecule is CCc1cccc(N2C(=O)NC3(CCS(=O)(=O)CC3)C2=O)c1. The molecule has 1 aromatic carbocycles. The minimum atomic E-state index is -3.10. The van der Waals surface area contributed by atoms with E-state index in [1.54, 1.807) is 6.07 Å². The second-order valence-corrected chi connectivity index (χ2v) is 8.13. The maximum absolute atomic E-state index is 12.8. The van der Waals surface area contributed by atoms with Crippen LogP contribution in [0.25, 0.3) is 0 Å². The molecule has 0 atom stereocenters. The third kappa shape index (κ3) is 2.39. The summed E-state index contributed by atoms with van der Waals surface area (Å²) in [6.07, 6.45) is 1.09. The lowest BCUT2D eigenvalue weighted by Crippen LogP contribution is -2.52. The van der Waals surface area contributed by atoms with Crippen molar-refractivity contribution in [1.29, 1.82) is 0 Å². The number of urea groups is 1. The number of anilines is 1. The lowest BCUT2D eigenvalue weighted by molar-refractivity contribution is -0.122. The van der Waals surface area contributed by atoms with Gasteiger partial charge in [-0.2, -0.15) is 0 Å². The molecule has 1 N–H and O–H groups in total. The summed E-state index contributed by atoms with van der Waals surface area (Å²) < 4.78 is 23.2. The van der Waals surface area contributed by atoms with Crippen LogP contribution in [-0.2, 0) is 21.1 Å². The molecule has 7 heteroatoms. The van der Waals surface area contributed by atoms with Gasteiger partial charge in [-0.05, 0) is 37.0 Å². The highest BCUT2D eigenvalue weighted by atomic mass is 32.2. The van der Waals surface area contributed by atoms with Crippen LogP contribution in [0, 0.1) is 0 Å². The standard InChI is InChI=1S/C15H18N2O4S/c1-2-11-4-3-5-12(10-11)17-13(18)15(16-14(17)19)6-8-22(20,21)9-7-15/h3-5,10H,2,6-9H2,1H3,(H,16,19). The molecule has 2 fully saturated rings. The van der Waals surface area contributed by atoms with Gasteiger partial charge in [-0.1, -0.05) is 19.1 Å². The summed E-state index contributed by atoms with van der Waals surface area (Å²) in [6, 6.07) is 6.80. The summed E-state index contributed by atoms with van der Waals surface area (Å²) in [4.78, 5) is 26.2. The Kier molecular flexibility index (Phi) is 3.47.